The first kappa shape index (κ1) is 16.5. The lowest BCUT2D eigenvalue weighted by atomic mass is 10.1. The average molecular weight is 352 g/mol. The maximum Gasteiger partial charge on any atom is 0.274 e. The zero-order valence-electron chi connectivity index (χ0n) is 14.5. The van der Waals surface area contributed by atoms with Crippen molar-refractivity contribution in [1.29, 1.82) is 0 Å². The SMILES string of the molecule is COc1ccc(NC(=O)c2ccnn2C2CCOCC2)c2ncccc12. The Labute approximate surface area is 150 Å². The molecule has 1 aliphatic rings. The topological polar surface area (TPSA) is 78.3 Å². The lowest BCUT2D eigenvalue weighted by molar-refractivity contribution is 0.0647. The predicted octanol–water partition coefficient (Wildman–Crippen LogP) is 3.04. The van der Waals surface area contributed by atoms with E-state index in [1.165, 1.54) is 0 Å². The van der Waals surface area contributed by atoms with Crippen LogP contribution in [0.5, 0.6) is 5.75 Å². The van der Waals surface area contributed by atoms with Crippen LogP contribution in [0.25, 0.3) is 10.9 Å². The summed E-state index contributed by atoms with van der Waals surface area (Å²) in [7, 11) is 1.62. The number of methoxy groups -OCH3 is 1. The number of pyridine rings is 1. The summed E-state index contributed by atoms with van der Waals surface area (Å²) < 4.78 is 12.6. The van der Waals surface area contributed by atoms with Gasteiger partial charge in [-0.3, -0.25) is 14.5 Å². The predicted molar refractivity (Wildman–Crippen MR) is 97.6 cm³/mol. The Morgan fingerprint density at radius 1 is 1.23 bits per heavy atom. The first-order valence-corrected chi connectivity index (χ1v) is 8.62. The Morgan fingerprint density at radius 3 is 2.88 bits per heavy atom. The number of nitrogens with one attached hydrogen (secondary N) is 1. The van der Waals surface area contributed by atoms with Gasteiger partial charge in [0.1, 0.15) is 11.4 Å². The number of anilines is 1. The van der Waals surface area contributed by atoms with Gasteiger partial charge in [0.05, 0.1) is 24.4 Å². The van der Waals surface area contributed by atoms with E-state index in [4.69, 9.17) is 9.47 Å². The van der Waals surface area contributed by atoms with Crippen LogP contribution < -0.4 is 10.1 Å². The second-order valence-electron chi connectivity index (χ2n) is 6.17. The number of benzene rings is 1. The molecule has 134 valence electrons. The number of fused-ring (bicyclic) bond motifs is 1. The molecule has 7 heteroatoms. The standard InChI is InChI=1S/C19H20N4O3/c1-25-17-5-4-15(18-14(17)3-2-9-20-18)22-19(24)16-6-10-21-23(16)13-7-11-26-12-8-13/h2-6,9-10,13H,7-8,11-12H2,1H3,(H,22,24). The van der Waals surface area contributed by atoms with Crippen LogP contribution in [0.15, 0.2) is 42.7 Å². The fourth-order valence-corrected chi connectivity index (χ4v) is 3.33. The third-order valence-electron chi connectivity index (χ3n) is 4.64. The lowest BCUT2D eigenvalue weighted by Gasteiger charge is -2.24. The van der Waals surface area contributed by atoms with E-state index in [9.17, 15) is 4.79 Å². The molecule has 0 saturated carbocycles. The summed E-state index contributed by atoms with van der Waals surface area (Å²) in [6.45, 7) is 1.39. The molecule has 0 spiro atoms. The molecule has 0 aliphatic carbocycles. The fraction of sp³-hybridized carbons (Fsp3) is 0.316. The third-order valence-corrected chi connectivity index (χ3v) is 4.64. The Kier molecular flexibility index (Phi) is 4.53. The molecule has 1 aliphatic heterocycles. The fourth-order valence-electron chi connectivity index (χ4n) is 3.33. The van der Waals surface area contributed by atoms with Crippen LogP contribution in [0.2, 0.25) is 0 Å². The molecular formula is C19H20N4O3. The van der Waals surface area contributed by atoms with Crippen LogP contribution in [0.3, 0.4) is 0 Å². The number of aromatic nitrogens is 3. The second-order valence-corrected chi connectivity index (χ2v) is 6.17. The molecule has 3 heterocycles. The van der Waals surface area contributed by atoms with Gasteiger partial charge in [-0.05, 0) is 43.2 Å². The van der Waals surface area contributed by atoms with Crippen LogP contribution in [-0.4, -0.2) is 41.0 Å². The number of hydrogen-bond acceptors (Lipinski definition) is 5. The Bertz CT molecular complexity index is 931. The van der Waals surface area contributed by atoms with E-state index in [0.29, 0.717) is 30.1 Å². The monoisotopic (exact) mass is 352 g/mol. The van der Waals surface area contributed by atoms with Crippen molar-refractivity contribution in [3.05, 3.63) is 48.4 Å². The van der Waals surface area contributed by atoms with Crippen molar-refractivity contribution in [3.63, 3.8) is 0 Å². The lowest BCUT2D eigenvalue weighted by Crippen LogP contribution is -2.25. The van der Waals surface area contributed by atoms with Crippen molar-refractivity contribution in [1.82, 2.24) is 14.8 Å². The van der Waals surface area contributed by atoms with Crippen molar-refractivity contribution in [3.8, 4) is 5.75 Å². The highest BCUT2D eigenvalue weighted by molar-refractivity contribution is 6.08. The summed E-state index contributed by atoms with van der Waals surface area (Å²) in [5.74, 6) is 0.518. The summed E-state index contributed by atoms with van der Waals surface area (Å²) in [5.41, 5.74) is 1.88. The largest absolute Gasteiger partial charge is 0.496 e. The Morgan fingerprint density at radius 2 is 2.08 bits per heavy atom. The van der Waals surface area contributed by atoms with E-state index in [2.05, 4.69) is 15.4 Å². The summed E-state index contributed by atoms with van der Waals surface area (Å²) in [6, 6.07) is 9.32. The van der Waals surface area contributed by atoms with E-state index >= 15 is 0 Å². The molecule has 1 N–H and O–H groups in total. The van der Waals surface area contributed by atoms with Gasteiger partial charge >= 0.3 is 0 Å². The van der Waals surface area contributed by atoms with Crippen molar-refractivity contribution in [2.24, 2.45) is 0 Å². The van der Waals surface area contributed by atoms with E-state index in [1.807, 2.05) is 18.2 Å². The van der Waals surface area contributed by atoms with Gasteiger partial charge in [-0.1, -0.05) is 0 Å². The Hall–Kier alpha value is -2.93. The summed E-state index contributed by atoms with van der Waals surface area (Å²) in [4.78, 5) is 17.3. The first-order chi connectivity index (χ1) is 12.8. The first-order valence-electron chi connectivity index (χ1n) is 8.62. The minimum atomic E-state index is -0.203. The van der Waals surface area contributed by atoms with E-state index in [-0.39, 0.29) is 11.9 Å². The average Bonchev–Trinajstić information content (AvgIpc) is 3.19. The molecule has 4 rings (SSSR count). The summed E-state index contributed by atoms with van der Waals surface area (Å²) in [5, 5.41) is 8.18. The maximum absolute atomic E-state index is 12.9. The van der Waals surface area contributed by atoms with E-state index in [1.54, 1.807) is 36.3 Å². The number of nitrogens with zero attached hydrogens (tertiary/aromatic N) is 3. The minimum Gasteiger partial charge on any atom is -0.496 e. The molecule has 7 nitrogen and oxygen atoms in total. The van der Waals surface area contributed by atoms with Crippen LogP contribution in [0.1, 0.15) is 29.4 Å². The number of carbonyl (C=O) groups excluding carboxylic acids is 1. The second kappa shape index (κ2) is 7.13. The number of carbonyl (C=O) groups is 1. The van der Waals surface area contributed by atoms with Gasteiger partial charge < -0.3 is 14.8 Å². The Balaban J connectivity index is 1.64. The summed E-state index contributed by atoms with van der Waals surface area (Å²) in [6.07, 6.45) is 5.07. The smallest absolute Gasteiger partial charge is 0.274 e. The molecule has 3 aromatic rings. The van der Waals surface area contributed by atoms with Gasteiger partial charge in [-0.15, -0.1) is 0 Å². The highest BCUT2D eigenvalue weighted by Crippen LogP contribution is 2.30. The van der Waals surface area contributed by atoms with Crippen LogP contribution in [-0.2, 0) is 4.74 Å². The number of amides is 1. The van der Waals surface area contributed by atoms with Gasteiger partial charge in [0.15, 0.2) is 0 Å². The highest BCUT2D eigenvalue weighted by Gasteiger charge is 2.22. The molecule has 26 heavy (non-hydrogen) atoms. The van der Waals surface area contributed by atoms with Gasteiger partial charge in [-0.25, -0.2) is 0 Å². The molecule has 0 unspecified atom stereocenters. The molecule has 1 saturated heterocycles. The maximum atomic E-state index is 12.9. The van der Waals surface area contributed by atoms with Gasteiger partial charge in [0.25, 0.3) is 5.91 Å². The van der Waals surface area contributed by atoms with E-state index < -0.39 is 0 Å². The minimum absolute atomic E-state index is 0.185. The summed E-state index contributed by atoms with van der Waals surface area (Å²) >= 11 is 0. The van der Waals surface area contributed by atoms with Crippen LogP contribution >= 0.6 is 0 Å². The molecule has 0 atom stereocenters. The quantitative estimate of drug-likeness (QED) is 0.781. The molecule has 1 fully saturated rings. The van der Waals surface area contributed by atoms with Gasteiger partial charge in [0, 0.05) is 31.0 Å². The molecule has 0 bridgehead atoms. The van der Waals surface area contributed by atoms with Crippen LogP contribution in [0, 0.1) is 0 Å². The molecular weight excluding hydrogens is 332 g/mol. The van der Waals surface area contributed by atoms with Crippen molar-refractivity contribution >= 4 is 22.5 Å². The van der Waals surface area contributed by atoms with Gasteiger partial charge in [-0.2, -0.15) is 5.10 Å². The molecule has 1 amide bonds. The number of rotatable bonds is 4. The molecule has 0 radical (unpaired) electrons. The van der Waals surface area contributed by atoms with Crippen molar-refractivity contribution in [2.45, 2.75) is 18.9 Å². The molecule has 1 aromatic carbocycles. The van der Waals surface area contributed by atoms with Crippen molar-refractivity contribution < 1.29 is 14.3 Å². The normalized spacial score (nSPS) is 15.1. The highest BCUT2D eigenvalue weighted by atomic mass is 16.5. The number of ether oxygens (including phenoxy) is 2. The zero-order valence-corrected chi connectivity index (χ0v) is 14.5. The van der Waals surface area contributed by atoms with Crippen molar-refractivity contribution in [2.75, 3.05) is 25.6 Å². The molecule has 2 aromatic heterocycles. The van der Waals surface area contributed by atoms with Crippen LogP contribution in [0.4, 0.5) is 5.69 Å². The number of hydrogen-bond donors (Lipinski definition) is 1. The van der Waals surface area contributed by atoms with E-state index in [0.717, 1.165) is 24.0 Å². The zero-order chi connectivity index (χ0) is 17.9. The van der Waals surface area contributed by atoms with Gasteiger partial charge in [0.2, 0.25) is 0 Å². The third kappa shape index (κ3) is 3.01.